The molecule has 2 aliphatic rings. The van der Waals surface area contributed by atoms with Crippen LogP contribution in [-0.2, 0) is 4.79 Å². The molecule has 2 atom stereocenters. The van der Waals surface area contributed by atoms with Crippen LogP contribution in [0.3, 0.4) is 0 Å². The topological polar surface area (TPSA) is 47.6 Å². The molecule has 4 nitrogen and oxygen atoms in total. The number of aryl methyl sites for hydroxylation is 1. The number of nitrogens with one attached hydrogen (secondary N) is 1. The first-order valence-electron chi connectivity index (χ1n) is 7.98. The van der Waals surface area contributed by atoms with Crippen molar-refractivity contribution in [2.45, 2.75) is 19.3 Å². The van der Waals surface area contributed by atoms with Crippen LogP contribution in [0.4, 0.5) is 5.69 Å². The molecule has 1 saturated carbocycles. The zero-order chi connectivity index (χ0) is 15.8. The maximum atomic E-state index is 12.4. The second-order valence-corrected chi connectivity index (χ2v) is 6.21. The van der Waals surface area contributed by atoms with Gasteiger partial charge in [0.25, 0.3) is 0 Å². The van der Waals surface area contributed by atoms with Crippen LogP contribution in [0, 0.1) is 12.8 Å². The van der Waals surface area contributed by atoms with Crippen molar-refractivity contribution in [2.75, 3.05) is 18.5 Å². The maximum absolute atomic E-state index is 12.4. The Balaban J connectivity index is 1.43. The fraction of sp³-hybridized carbons (Fsp3) is 0.316. The van der Waals surface area contributed by atoms with E-state index in [-0.39, 0.29) is 17.7 Å². The van der Waals surface area contributed by atoms with Gasteiger partial charge >= 0.3 is 0 Å². The molecule has 1 fully saturated rings. The molecule has 2 aromatic rings. The second kappa shape index (κ2) is 5.61. The smallest absolute Gasteiger partial charge is 0.228 e. The van der Waals surface area contributed by atoms with E-state index in [0.29, 0.717) is 13.2 Å². The summed E-state index contributed by atoms with van der Waals surface area (Å²) in [6.45, 7) is 3.21. The highest BCUT2D eigenvalue weighted by atomic mass is 16.6. The Hall–Kier alpha value is -2.49. The largest absolute Gasteiger partial charge is 0.486 e. The normalized spacial score (nSPS) is 21.6. The van der Waals surface area contributed by atoms with Crippen LogP contribution in [0.5, 0.6) is 11.5 Å². The van der Waals surface area contributed by atoms with Crippen molar-refractivity contribution < 1.29 is 14.3 Å². The molecule has 23 heavy (non-hydrogen) atoms. The van der Waals surface area contributed by atoms with Gasteiger partial charge in [-0.15, -0.1) is 0 Å². The number of benzene rings is 2. The van der Waals surface area contributed by atoms with Gasteiger partial charge in [0.2, 0.25) is 5.91 Å². The second-order valence-electron chi connectivity index (χ2n) is 6.21. The number of rotatable bonds is 3. The van der Waals surface area contributed by atoms with E-state index >= 15 is 0 Å². The molecule has 0 aromatic heterocycles. The first-order valence-corrected chi connectivity index (χ1v) is 7.98. The lowest BCUT2D eigenvalue weighted by Crippen LogP contribution is -2.16. The predicted molar refractivity (Wildman–Crippen MR) is 88.1 cm³/mol. The summed E-state index contributed by atoms with van der Waals surface area (Å²) in [5, 5.41) is 3.00. The fourth-order valence-electron chi connectivity index (χ4n) is 3.02. The van der Waals surface area contributed by atoms with Crippen LogP contribution >= 0.6 is 0 Å². The summed E-state index contributed by atoms with van der Waals surface area (Å²) in [4.78, 5) is 12.4. The van der Waals surface area contributed by atoms with E-state index in [1.807, 2.05) is 49.4 Å². The molecule has 0 spiro atoms. The van der Waals surface area contributed by atoms with Crippen molar-refractivity contribution in [2.24, 2.45) is 5.92 Å². The Bertz CT molecular complexity index is 739. The number of hydrogen-bond donors (Lipinski definition) is 1. The Labute approximate surface area is 135 Å². The van der Waals surface area contributed by atoms with Crippen molar-refractivity contribution in [3.8, 4) is 11.5 Å². The molecule has 0 saturated heterocycles. The highest BCUT2D eigenvalue weighted by Gasteiger charge is 2.44. The highest BCUT2D eigenvalue weighted by Crippen LogP contribution is 2.49. The molecule has 0 bridgehead atoms. The standard InChI is InChI=1S/C19H19NO3/c1-12-2-5-14(6-3-12)20-19(21)16-11-15(16)13-4-7-17-18(10-13)23-9-8-22-17/h2-7,10,15-16H,8-9,11H2,1H3,(H,20,21). The van der Waals surface area contributed by atoms with Gasteiger partial charge in [-0.2, -0.15) is 0 Å². The van der Waals surface area contributed by atoms with Crippen molar-refractivity contribution >= 4 is 11.6 Å². The van der Waals surface area contributed by atoms with Gasteiger partial charge in [-0.05, 0) is 49.1 Å². The van der Waals surface area contributed by atoms with Gasteiger partial charge in [0.05, 0.1) is 0 Å². The zero-order valence-electron chi connectivity index (χ0n) is 13.0. The molecule has 4 heteroatoms. The van der Waals surface area contributed by atoms with Crippen LogP contribution in [-0.4, -0.2) is 19.1 Å². The quantitative estimate of drug-likeness (QED) is 0.944. The van der Waals surface area contributed by atoms with E-state index in [1.54, 1.807) is 0 Å². The highest BCUT2D eigenvalue weighted by molar-refractivity contribution is 5.95. The SMILES string of the molecule is Cc1ccc(NC(=O)C2CC2c2ccc3c(c2)OCCO3)cc1. The van der Waals surface area contributed by atoms with Crippen molar-refractivity contribution in [3.05, 3.63) is 53.6 Å². The number of ether oxygens (including phenoxy) is 2. The van der Waals surface area contributed by atoms with Gasteiger partial charge in [-0.25, -0.2) is 0 Å². The third-order valence-corrected chi connectivity index (χ3v) is 4.44. The Kier molecular flexibility index (Phi) is 3.45. The minimum atomic E-state index is 0.0406. The number of hydrogen-bond acceptors (Lipinski definition) is 3. The summed E-state index contributed by atoms with van der Waals surface area (Å²) < 4.78 is 11.2. The number of carbonyl (C=O) groups excluding carboxylic acids is 1. The summed E-state index contributed by atoms with van der Waals surface area (Å²) in [5.74, 6) is 1.99. The lowest BCUT2D eigenvalue weighted by molar-refractivity contribution is -0.117. The van der Waals surface area contributed by atoms with Gasteiger partial charge in [0, 0.05) is 11.6 Å². The molecule has 1 aliphatic heterocycles. The maximum Gasteiger partial charge on any atom is 0.228 e. The molecular weight excluding hydrogens is 290 g/mol. The number of amides is 1. The molecule has 1 heterocycles. The average Bonchev–Trinajstić information content (AvgIpc) is 3.37. The fourth-order valence-corrected chi connectivity index (χ4v) is 3.02. The summed E-state index contributed by atoms with van der Waals surface area (Å²) in [5.41, 5.74) is 3.19. The van der Waals surface area contributed by atoms with E-state index in [2.05, 4.69) is 5.32 Å². The van der Waals surface area contributed by atoms with Gasteiger partial charge in [-0.3, -0.25) is 4.79 Å². The van der Waals surface area contributed by atoms with Crippen molar-refractivity contribution in [1.29, 1.82) is 0 Å². The minimum absolute atomic E-state index is 0.0406. The molecule has 1 amide bonds. The summed E-state index contributed by atoms with van der Waals surface area (Å²) in [6.07, 6.45) is 0.886. The summed E-state index contributed by atoms with van der Waals surface area (Å²) in [6, 6.07) is 13.9. The lowest BCUT2D eigenvalue weighted by atomic mass is 10.1. The van der Waals surface area contributed by atoms with Gasteiger partial charge < -0.3 is 14.8 Å². The molecule has 1 aliphatic carbocycles. The molecule has 2 unspecified atom stereocenters. The molecule has 0 radical (unpaired) electrons. The third kappa shape index (κ3) is 2.89. The zero-order valence-corrected chi connectivity index (χ0v) is 13.0. The predicted octanol–water partition coefficient (Wildman–Crippen LogP) is 3.51. The number of fused-ring (bicyclic) bond motifs is 1. The van der Waals surface area contributed by atoms with Crippen LogP contribution in [0.25, 0.3) is 0 Å². The van der Waals surface area contributed by atoms with Crippen molar-refractivity contribution in [3.63, 3.8) is 0 Å². The minimum Gasteiger partial charge on any atom is -0.486 e. The number of carbonyl (C=O) groups is 1. The lowest BCUT2D eigenvalue weighted by Gasteiger charge is -2.18. The Morgan fingerprint density at radius 3 is 2.57 bits per heavy atom. The average molecular weight is 309 g/mol. The molecular formula is C19H19NO3. The Morgan fingerprint density at radius 1 is 1.04 bits per heavy atom. The molecule has 2 aromatic carbocycles. The van der Waals surface area contributed by atoms with Crippen LogP contribution < -0.4 is 14.8 Å². The summed E-state index contributed by atoms with van der Waals surface area (Å²) >= 11 is 0. The molecule has 4 rings (SSSR count). The van der Waals surface area contributed by atoms with Gasteiger partial charge in [-0.1, -0.05) is 23.8 Å². The van der Waals surface area contributed by atoms with E-state index in [1.165, 1.54) is 5.56 Å². The van der Waals surface area contributed by atoms with E-state index in [9.17, 15) is 4.79 Å². The summed E-state index contributed by atoms with van der Waals surface area (Å²) in [7, 11) is 0. The van der Waals surface area contributed by atoms with E-state index in [0.717, 1.165) is 29.2 Å². The third-order valence-electron chi connectivity index (χ3n) is 4.44. The van der Waals surface area contributed by atoms with Crippen molar-refractivity contribution in [1.82, 2.24) is 0 Å². The van der Waals surface area contributed by atoms with Gasteiger partial charge in [0.1, 0.15) is 13.2 Å². The first-order chi connectivity index (χ1) is 11.2. The van der Waals surface area contributed by atoms with Crippen LogP contribution in [0.1, 0.15) is 23.5 Å². The monoisotopic (exact) mass is 309 g/mol. The molecule has 118 valence electrons. The molecule has 1 N–H and O–H groups in total. The number of anilines is 1. The van der Waals surface area contributed by atoms with E-state index < -0.39 is 0 Å². The van der Waals surface area contributed by atoms with Crippen LogP contribution in [0.2, 0.25) is 0 Å². The van der Waals surface area contributed by atoms with E-state index in [4.69, 9.17) is 9.47 Å². The van der Waals surface area contributed by atoms with Crippen LogP contribution in [0.15, 0.2) is 42.5 Å². The van der Waals surface area contributed by atoms with Gasteiger partial charge in [0.15, 0.2) is 11.5 Å². The Morgan fingerprint density at radius 2 is 1.78 bits per heavy atom. The first kappa shape index (κ1) is 14.1.